The van der Waals surface area contributed by atoms with Crippen molar-refractivity contribution >= 4 is 0 Å². The van der Waals surface area contributed by atoms with Crippen molar-refractivity contribution in [3.05, 3.63) is 0 Å². The highest BCUT2D eigenvalue weighted by Crippen LogP contribution is 2.38. The Balaban J connectivity index is 1.89. The Morgan fingerprint density at radius 2 is 2.00 bits per heavy atom. The summed E-state index contributed by atoms with van der Waals surface area (Å²) < 4.78 is 0. The molecular weight excluding hydrogens is 162 g/mol. The van der Waals surface area contributed by atoms with Gasteiger partial charge >= 0.3 is 0 Å². The number of likely N-dealkylation sites (tertiary alicyclic amines) is 2. The Morgan fingerprint density at radius 1 is 1.23 bits per heavy atom. The lowest BCUT2D eigenvalue weighted by Crippen LogP contribution is -2.31. The third-order valence-corrected chi connectivity index (χ3v) is 3.57. The van der Waals surface area contributed by atoms with Crippen LogP contribution in [-0.4, -0.2) is 56.1 Å². The van der Waals surface area contributed by atoms with Crippen LogP contribution in [-0.2, 0) is 0 Å². The molecule has 1 N–H and O–H groups in total. The van der Waals surface area contributed by atoms with Crippen molar-refractivity contribution in [2.75, 3.05) is 46.3 Å². The normalized spacial score (nSPS) is 36.5. The summed E-state index contributed by atoms with van der Waals surface area (Å²) in [5, 5.41) is 0. The summed E-state index contributed by atoms with van der Waals surface area (Å²) in [5.41, 5.74) is 7.82. The molecule has 2 aliphatic rings. The van der Waals surface area contributed by atoms with E-state index in [2.05, 4.69) is 16.8 Å². The van der Waals surface area contributed by atoms with E-state index in [1.807, 2.05) is 0 Å². The molecule has 1 spiro atoms. The van der Waals surface area contributed by atoms with E-state index < -0.39 is 0 Å². The van der Waals surface area contributed by atoms with Crippen LogP contribution in [0.1, 0.15) is 12.8 Å². The number of nitrogens with zero attached hydrogens (tertiary/aromatic N) is 2. The molecule has 3 heteroatoms. The fourth-order valence-corrected chi connectivity index (χ4v) is 2.87. The van der Waals surface area contributed by atoms with Crippen molar-refractivity contribution in [3.8, 4) is 0 Å². The minimum atomic E-state index is 0.561. The first-order chi connectivity index (χ1) is 6.24. The van der Waals surface area contributed by atoms with Gasteiger partial charge < -0.3 is 9.80 Å². The third kappa shape index (κ3) is 1.87. The van der Waals surface area contributed by atoms with Gasteiger partial charge in [-0.2, -0.15) is 0 Å². The van der Waals surface area contributed by atoms with Crippen molar-refractivity contribution in [2.24, 2.45) is 5.41 Å². The lowest BCUT2D eigenvalue weighted by Gasteiger charge is -2.23. The smallest absolute Gasteiger partial charge is 0.0228 e. The Labute approximate surface area is 80.9 Å². The van der Waals surface area contributed by atoms with Gasteiger partial charge in [0.05, 0.1) is 0 Å². The fraction of sp³-hybridized carbons (Fsp3) is 1.00. The molecule has 1 unspecified atom stereocenters. The summed E-state index contributed by atoms with van der Waals surface area (Å²) in [6.45, 7) is 6.57. The molecule has 0 aromatic heterocycles. The van der Waals surface area contributed by atoms with Crippen LogP contribution in [0.3, 0.4) is 0 Å². The highest BCUT2D eigenvalue weighted by Gasteiger charge is 2.41. The number of nitrogens with one attached hydrogen (secondary N) is 1. The minimum absolute atomic E-state index is 0.561. The van der Waals surface area contributed by atoms with Crippen LogP contribution < -0.4 is 5.73 Å². The zero-order valence-corrected chi connectivity index (χ0v) is 8.55. The Morgan fingerprint density at radius 3 is 2.62 bits per heavy atom. The van der Waals surface area contributed by atoms with Crippen molar-refractivity contribution in [3.63, 3.8) is 0 Å². The second kappa shape index (κ2) is 3.56. The van der Waals surface area contributed by atoms with Gasteiger partial charge in [-0.05, 0) is 38.4 Å². The molecule has 0 amide bonds. The summed E-state index contributed by atoms with van der Waals surface area (Å²) in [7, 11) is 2.22. The average Bonchev–Trinajstić information content (AvgIpc) is 2.62. The van der Waals surface area contributed by atoms with Crippen LogP contribution in [0, 0.1) is 5.41 Å². The Kier molecular flexibility index (Phi) is 2.58. The monoisotopic (exact) mass is 182 g/mol. The van der Waals surface area contributed by atoms with Crippen LogP contribution in [0.4, 0.5) is 0 Å². The molecule has 0 bridgehead atoms. The molecule has 2 aliphatic heterocycles. The van der Waals surface area contributed by atoms with Crippen molar-refractivity contribution in [1.82, 2.24) is 15.5 Å². The zero-order chi connectivity index (χ0) is 9.31. The predicted octanol–water partition coefficient (Wildman–Crippen LogP) is 0.297. The van der Waals surface area contributed by atoms with Crippen molar-refractivity contribution in [2.45, 2.75) is 12.8 Å². The first-order valence-electron chi connectivity index (χ1n) is 5.30. The minimum Gasteiger partial charge on any atom is -0.306 e. The summed E-state index contributed by atoms with van der Waals surface area (Å²) in [5.74, 6) is 0. The van der Waals surface area contributed by atoms with Gasteiger partial charge in [-0.25, -0.2) is 0 Å². The molecule has 2 fully saturated rings. The van der Waals surface area contributed by atoms with Gasteiger partial charge in [0.15, 0.2) is 0 Å². The topological polar surface area (TPSA) is 30.3 Å². The SMILES string of the molecule is CN1CCC2(CCN(CC[NH])C2)C1. The number of hydrogen-bond donors (Lipinski definition) is 0. The van der Waals surface area contributed by atoms with Crippen LogP contribution >= 0.6 is 0 Å². The molecule has 0 aliphatic carbocycles. The molecular formula is C10H20N3. The largest absolute Gasteiger partial charge is 0.306 e. The van der Waals surface area contributed by atoms with Crippen molar-refractivity contribution in [1.29, 1.82) is 0 Å². The van der Waals surface area contributed by atoms with Gasteiger partial charge in [-0.1, -0.05) is 0 Å². The quantitative estimate of drug-likeness (QED) is 0.615. The molecule has 2 saturated heterocycles. The second-order valence-electron chi connectivity index (χ2n) is 4.76. The lowest BCUT2D eigenvalue weighted by atomic mass is 9.86. The summed E-state index contributed by atoms with van der Waals surface area (Å²) in [4.78, 5) is 4.91. The highest BCUT2D eigenvalue weighted by molar-refractivity contribution is 4.96. The molecule has 2 rings (SSSR count). The zero-order valence-electron chi connectivity index (χ0n) is 8.55. The van der Waals surface area contributed by atoms with Crippen LogP contribution in [0.15, 0.2) is 0 Å². The Bertz CT molecular complexity index is 183. The van der Waals surface area contributed by atoms with Crippen LogP contribution in [0.25, 0.3) is 0 Å². The standard InChI is InChI=1S/C10H20N3/c1-12-5-2-10(8-12)3-6-13(9-10)7-4-11/h11H,2-9H2,1H3. The van der Waals surface area contributed by atoms with E-state index in [1.165, 1.54) is 39.0 Å². The maximum atomic E-state index is 7.21. The van der Waals surface area contributed by atoms with E-state index in [4.69, 9.17) is 5.73 Å². The molecule has 1 radical (unpaired) electrons. The van der Waals surface area contributed by atoms with E-state index in [0.717, 1.165) is 6.54 Å². The fourth-order valence-electron chi connectivity index (χ4n) is 2.87. The van der Waals surface area contributed by atoms with Gasteiger partial charge in [0.25, 0.3) is 0 Å². The predicted molar refractivity (Wildman–Crippen MR) is 53.6 cm³/mol. The summed E-state index contributed by atoms with van der Waals surface area (Å²) >= 11 is 0. The highest BCUT2D eigenvalue weighted by atomic mass is 15.2. The number of hydrogen-bond acceptors (Lipinski definition) is 2. The van der Waals surface area contributed by atoms with Crippen molar-refractivity contribution < 1.29 is 0 Å². The molecule has 75 valence electrons. The average molecular weight is 182 g/mol. The molecule has 0 aromatic rings. The van der Waals surface area contributed by atoms with Gasteiger partial charge in [0.1, 0.15) is 0 Å². The molecule has 0 saturated carbocycles. The molecule has 2 heterocycles. The first-order valence-corrected chi connectivity index (χ1v) is 5.30. The molecule has 3 nitrogen and oxygen atoms in total. The van der Waals surface area contributed by atoms with E-state index in [0.29, 0.717) is 12.0 Å². The van der Waals surface area contributed by atoms with E-state index in [1.54, 1.807) is 0 Å². The van der Waals surface area contributed by atoms with Gasteiger partial charge in [-0.3, -0.25) is 5.73 Å². The molecule has 13 heavy (non-hydrogen) atoms. The van der Waals surface area contributed by atoms with Gasteiger partial charge in [-0.15, -0.1) is 0 Å². The summed E-state index contributed by atoms with van der Waals surface area (Å²) in [6.07, 6.45) is 2.73. The molecule has 0 aromatic carbocycles. The Hall–Kier alpha value is -0.120. The van der Waals surface area contributed by atoms with Gasteiger partial charge in [0.2, 0.25) is 0 Å². The van der Waals surface area contributed by atoms with Crippen LogP contribution in [0.2, 0.25) is 0 Å². The second-order valence-corrected chi connectivity index (χ2v) is 4.76. The van der Waals surface area contributed by atoms with E-state index in [-0.39, 0.29) is 0 Å². The summed E-state index contributed by atoms with van der Waals surface area (Å²) in [6, 6.07) is 0. The lowest BCUT2D eigenvalue weighted by molar-refractivity contribution is 0.258. The molecule has 1 atom stereocenters. The van der Waals surface area contributed by atoms with E-state index in [9.17, 15) is 0 Å². The van der Waals surface area contributed by atoms with Crippen LogP contribution in [0.5, 0.6) is 0 Å². The van der Waals surface area contributed by atoms with E-state index >= 15 is 0 Å². The third-order valence-electron chi connectivity index (χ3n) is 3.57. The number of rotatable bonds is 2. The maximum absolute atomic E-state index is 7.21. The maximum Gasteiger partial charge on any atom is 0.0228 e. The first kappa shape index (κ1) is 9.44. The van der Waals surface area contributed by atoms with Gasteiger partial charge in [0, 0.05) is 26.2 Å².